The van der Waals surface area contributed by atoms with E-state index in [1.807, 2.05) is 49.7 Å². The van der Waals surface area contributed by atoms with Crippen LogP contribution in [0.15, 0.2) is 49.1 Å². The number of hydrogen-bond donors (Lipinski definition) is 1. The van der Waals surface area contributed by atoms with Crippen molar-refractivity contribution in [2.24, 2.45) is 0 Å². The van der Waals surface area contributed by atoms with Crippen LogP contribution in [0.4, 0.5) is 0 Å². The van der Waals surface area contributed by atoms with Crippen molar-refractivity contribution in [1.29, 1.82) is 0 Å². The van der Waals surface area contributed by atoms with Gasteiger partial charge in [0.15, 0.2) is 0 Å². The molecule has 1 atom stereocenters. The largest absolute Gasteiger partial charge is 1.00 e. The van der Waals surface area contributed by atoms with Gasteiger partial charge in [-0.15, -0.1) is 0 Å². The molecule has 1 aromatic heterocycles. The first kappa shape index (κ1) is 28.0. The number of hydrogen-bond acceptors (Lipinski definition) is 4. The summed E-state index contributed by atoms with van der Waals surface area (Å²) < 4.78 is 1.89. The van der Waals surface area contributed by atoms with Crippen molar-refractivity contribution in [2.75, 3.05) is 0 Å². The summed E-state index contributed by atoms with van der Waals surface area (Å²) in [7, 11) is 0. The van der Waals surface area contributed by atoms with Gasteiger partial charge in [-0.05, 0) is 77.4 Å². The molecule has 0 fully saturated rings. The van der Waals surface area contributed by atoms with E-state index in [0.29, 0.717) is 12.8 Å². The Kier molecular flexibility index (Phi) is 11.2. The molecule has 0 aliphatic carbocycles. The van der Waals surface area contributed by atoms with Crippen molar-refractivity contribution in [1.82, 2.24) is 9.55 Å². The summed E-state index contributed by atoms with van der Waals surface area (Å²) in [4.78, 5) is 15.4. The van der Waals surface area contributed by atoms with Gasteiger partial charge < -0.3 is 30.5 Å². The summed E-state index contributed by atoms with van der Waals surface area (Å²) in [6.07, 6.45) is 5.68. The van der Waals surface area contributed by atoms with Crippen LogP contribution in [-0.2, 0) is 12.8 Å². The fraction of sp³-hybridized carbons (Fsp3) is 0.273. The summed E-state index contributed by atoms with van der Waals surface area (Å²) in [6.45, 7) is 5.88. The summed E-state index contributed by atoms with van der Waals surface area (Å²) in [5, 5.41) is 22.6. The Morgan fingerprint density at radius 2 is 1.73 bits per heavy atom. The number of nitrogens with zero attached hydrogens (tertiary/aromatic N) is 2. The fourth-order valence-corrected chi connectivity index (χ4v) is 3.48. The predicted molar refractivity (Wildman–Crippen MR) is 109 cm³/mol. The Morgan fingerprint density at radius 3 is 2.20 bits per heavy atom. The molecule has 156 valence electrons. The zero-order valence-electron chi connectivity index (χ0n) is 17.8. The minimum Gasteiger partial charge on any atom is -0.545 e. The minimum absolute atomic E-state index is 0. The van der Waals surface area contributed by atoms with Gasteiger partial charge in [0.2, 0.25) is 0 Å². The van der Waals surface area contributed by atoms with Crippen LogP contribution in [0, 0.1) is 6.92 Å². The molecule has 3 rings (SSSR count). The second-order valence-corrected chi connectivity index (χ2v) is 6.62. The van der Waals surface area contributed by atoms with Crippen molar-refractivity contribution < 1.29 is 55.5 Å². The first-order valence-electron chi connectivity index (χ1n) is 9.10. The van der Waals surface area contributed by atoms with Gasteiger partial charge in [-0.3, -0.25) is 0 Å². The van der Waals surface area contributed by atoms with Gasteiger partial charge >= 0.3 is 29.6 Å². The Balaban J connectivity index is 0.00000280. The van der Waals surface area contributed by atoms with Gasteiger partial charge in [0.1, 0.15) is 6.10 Å². The number of imidazole rings is 1. The smallest absolute Gasteiger partial charge is 0.545 e. The molecule has 7 nitrogen and oxygen atoms in total. The molecule has 0 radical (unpaired) electrons. The average Bonchev–Trinajstić information content (AvgIpc) is 3.21. The number of aromatic nitrogens is 2. The molecule has 5 N–H and O–H groups in total. The van der Waals surface area contributed by atoms with E-state index in [1.165, 1.54) is 0 Å². The first-order chi connectivity index (χ1) is 13.0. The summed E-state index contributed by atoms with van der Waals surface area (Å²) in [6, 6.07) is 9.13. The molecule has 0 amide bonds. The topological polar surface area (TPSA) is 141 Å². The Bertz CT molecular complexity index is 949. The van der Waals surface area contributed by atoms with E-state index in [1.54, 1.807) is 24.7 Å². The zero-order valence-corrected chi connectivity index (χ0v) is 19.8. The SMILES string of the molecule is CCc1cc(C(=O)[O-])cc(CC)c1C(O)c1cc(-n2ccnc2)ccc1C.O.O.[Na+]. The van der Waals surface area contributed by atoms with E-state index in [0.717, 1.165) is 33.5 Å². The molecule has 1 heterocycles. The van der Waals surface area contributed by atoms with Crippen LogP contribution in [0.5, 0.6) is 0 Å². The molecule has 2 aromatic carbocycles. The van der Waals surface area contributed by atoms with Crippen LogP contribution in [0.2, 0.25) is 0 Å². The van der Waals surface area contributed by atoms with Gasteiger partial charge in [-0.1, -0.05) is 19.9 Å². The molecule has 0 spiro atoms. The molecule has 0 bridgehead atoms. The van der Waals surface area contributed by atoms with Crippen molar-refractivity contribution >= 4 is 5.97 Å². The van der Waals surface area contributed by atoms with E-state index in [-0.39, 0.29) is 46.1 Å². The number of carbonyl (C=O) groups excluding carboxylic acids is 1. The van der Waals surface area contributed by atoms with Crippen LogP contribution >= 0.6 is 0 Å². The molecule has 0 aliphatic rings. The standard InChI is InChI=1S/C22H24N2O3.Na.2H2O/c1-4-15-10-17(22(26)27)11-16(5-2)20(15)21(25)19-12-18(7-6-14(19)3)24-9-8-23-13-24;;;/h6-13,21,25H,4-5H2,1-3H3,(H,26,27);;2*1H2/q;+1;;/p-1. The van der Waals surface area contributed by atoms with E-state index >= 15 is 0 Å². The third kappa shape index (κ3) is 5.57. The fourth-order valence-electron chi connectivity index (χ4n) is 3.48. The number of aliphatic hydroxyl groups is 1. The molecule has 1 unspecified atom stereocenters. The Morgan fingerprint density at radius 1 is 1.13 bits per heavy atom. The number of carboxylic acids is 1. The van der Waals surface area contributed by atoms with Crippen LogP contribution in [0.25, 0.3) is 5.69 Å². The third-order valence-electron chi connectivity index (χ3n) is 4.98. The average molecular weight is 422 g/mol. The van der Waals surface area contributed by atoms with Crippen molar-refractivity contribution in [2.45, 2.75) is 39.7 Å². The van der Waals surface area contributed by atoms with Gasteiger partial charge in [-0.2, -0.15) is 0 Å². The predicted octanol–water partition coefficient (Wildman–Crippen LogP) is -1.89. The van der Waals surface area contributed by atoms with Crippen LogP contribution < -0.4 is 34.7 Å². The normalized spacial score (nSPS) is 10.9. The number of aromatic carboxylic acids is 1. The molecule has 0 saturated heterocycles. The first-order valence-corrected chi connectivity index (χ1v) is 9.10. The molecule has 3 aromatic rings. The van der Waals surface area contributed by atoms with Crippen molar-refractivity contribution in [3.8, 4) is 5.69 Å². The van der Waals surface area contributed by atoms with Gasteiger partial charge in [0.25, 0.3) is 0 Å². The van der Waals surface area contributed by atoms with Crippen LogP contribution in [0.3, 0.4) is 0 Å². The maximum atomic E-state index is 11.3. The van der Waals surface area contributed by atoms with Gasteiger partial charge in [0, 0.05) is 18.1 Å². The summed E-state index contributed by atoms with van der Waals surface area (Å²) in [5.41, 5.74) is 5.28. The van der Waals surface area contributed by atoms with Gasteiger partial charge in [-0.25, -0.2) is 4.98 Å². The third-order valence-corrected chi connectivity index (χ3v) is 4.98. The van der Waals surface area contributed by atoms with E-state index in [9.17, 15) is 15.0 Å². The maximum Gasteiger partial charge on any atom is 1.00 e. The van der Waals surface area contributed by atoms with Crippen molar-refractivity contribution in [3.05, 3.63) is 82.4 Å². The quantitative estimate of drug-likeness (QED) is 0.463. The number of aryl methyl sites for hydroxylation is 3. The second-order valence-electron chi connectivity index (χ2n) is 6.62. The number of carbonyl (C=O) groups is 1. The van der Waals surface area contributed by atoms with Crippen molar-refractivity contribution in [3.63, 3.8) is 0 Å². The molecule has 0 aliphatic heterocycles. The van der Waals surface area contributed by atoms with Crippen LogP contribution in [0.1, 0.15) is 58.1 Å². The van der Waals surface area contributed by atoms with E-state index < -0.39 is 12.1 Å². The Labute approximate surface area is 198 Å². The molecule has 0 saturated carbocycles. The number of benzene rings is 2. The van der Waals surface area contributed by atoms with E-state index in [2.05, 4.69) is 4.98 Å². The summed E-state index contributed by atoms with van der Waals surface area (Å²) >= 11 is 0. The maximum absolute atomic E-state index is 11.3. The Hall–Kier alpha value is -2.00. The minimum atomic E-state index is -1.20. The van der Waals surface area contributed by atoms with Crippen LogP contribution in [-0.4, -0.2) is 31.6 Å². The van der Waals surface area contributed by atoms with E-state index in [4.69, 9.17) is 0 Å². The van der Waals surface area contributed by atoms with Gasteiger partial charge in [0.05, 0.1) is 12.3 Å². The number of aliphatic hydroxyl groups excluding tert-OH is 1. The second kappa shape index (κ2) is 12.0. The number of carboxylic acid groups (broad SMARTS) is 1. The number of rotatable bonds is 6. The molecular weight excluding hydrogens is 395 g/mol. The molecule has 30 heavy (non-hydrogen) atoms. The summed E-state index contributed by atoms with van der Waals surface area (Å²) in [5.74, 6) is -1.20. The molecular formula is C22H27N2NaO5. The molecule has 8 heteroatoms. The monoisotopic (exact) mass is 422 g/mol. The zero-order chi connectivity index (χ0) is 19.6.